The number of nitrogens with zero attached hydrogens (tertiary/aromatic N) is 5. The first-order chi connectivity index (χ1) is 16.7. The van der Waals surface area contributed by atoms with Crippen LogP contribution in [0.4, 0.5) is 11.4 Å². The molecule has 34 heavy (non-hydrogen) atoms. The Hall–Kier alpha value is -3.61. The van der Waals surface area contributed by atoms with Crippen LogP contribution in [0.25, 0.3) is 11.3 Å². The maximum atomic E-state index is 12.9. The first kappa shape index (κ1) is 22.2. The van der Waals surface area contributed by atoms with E-state index in [9.17, 15) is 9.59 Å². The van der Waals surface area contributed by atoms with Crippen molar-refractivity contribution < 1.29 is 4.79 Å². The summed E-state index contributed by atoms with van der Waals surface area (Å²) >= 11 is 0. The van der Waals surface area contributed by atoms with Crippen LogP contribution in [0, 0.1) is 0 Å². The van der Waals surface area contributed by atoms with Gasteiger partial charge in [0.2, 0.25) is 5.91 Å². The van der Waals surface area contributed by atoms with Crippen LogP contribution >= 0.6 is 0 Å². The first-order valence-electron chi connectivity index (χ1n) is 12.2. The molecular weight excluding hydrogens is 426 g/mol. The van der Waals surface area contributed by atoms with E-state index < -0.39 is 0 Å². The molecule has 1 amide bonds. The summed E-state index contributed by atoms with van der Waals surface area (Å²) in [5, 5.41) is 4.51. The van der Waals surface area contributed by atoms with Gasteiger partial charge in [0.1, 0.15) is 6.54 Å². The van der Waals surface area contributed by atoms with E-state index >= 15 is 0 Å². The monoisotopic (exact) mass is 457 g/mol. The van der Waals surface area contributed by atoms with E-state index in [1.54, 1.807) is 6.07 Å². The number of carbonyl (C=O) groups excluding carboxylic acids is 1. The van der Waals surface area contributed by atoms with Gasteiger partial charge in [-0.05, 0) is 49.6 Å². The Morgan fingerprint density at radius 3 is 2.06 bits per heavy atom. The van der Waals surface area contributed by atoms with Crippen LogP contribution < -0.4 is 15.4 Å². The van der Waals surface area contributed by atoms with Gasteiger partial charge >= 0.3 is 0 Å². The minimum atomic E-state index is -0.259. The summed E-state index contributed by atoms with van der Waals surface area (Å²) in [6, 6.07) is 21.8. The number of benzene rings is 2. The van der Waals surface area contributed by atoms with E-state index in [2.05, 4.69) is 39.2 Å². The number of hydrogen-bond acceptors (Lipinski definition) is 5. The van der Waals surface area contributed by atoms with Crippen molar-refractivity contribution in [2.75, 3.05) is 49.1 Å². The van der Waals surface area contributed by atoms with Crippen molar-refractivity contribution in [3.05, 3.63) is 77.1 Å². The second-order valence-electron chi connectivity index (χ2n) is 9.01. The Kier molecular flexibility index (Phi) is 6.60. The summed E-state index contributed by atoms with van der Waals surface area (Å²) in [5.74, 6) is -0.0695. The molecule has 5 rings (SSSR count). The highest BCUT2D eigenvalue weighted by atomic mass is 16.2. The molecule has 0 aliphatic carbocycles. The maximum Gasteiger partial charge on any atom is 0.267 e. The van der Waals surface area contributed by atoms with Crippen molar-refractivity contribution >= 4 is 17.3 Å². The number of amides is 1. The molecule has 3 heterocycles. The molecule has 0 spiro atoms. The molecule has 0 atom stereocenters. The second kappa shape index (κ2) is 10.1. The maximum absolute atomic E-state index is 12.9. The molecule has 176 valence electrons. The highest BCUT2D eigenvalue weighted by Gasteiger charge is 2.22. The van der Waals surface area contributed by atoms with Gasteiger partial charge < -0.3 is 14.7 Å². The molecule has 2 saturated heterocycles. The Balaban J connectivity index is 1.23. The summed E-state index contributed by atoms with van der Waals surface area (Å²) < 4.78 is 1.29. The fourth-order valence-electron chi connectivity index (χ4n) is 4.79. The molecule has 2 aliphatic heterocycles. The van der Waals surface area contributed by atoms with Gasteiger partial charge in [-0.2, -0.15) is 5.10 Å². The lowest BCUT2D eigenvalue weighted by Gasteiger charge is -2.36. The molecule has 0 unspecified atom stereocenters. The Bertz CT molecular complexity index is 1160. The topological polar surface area (TPSA) is 61.7 Å². The molecule has 7 heteroatoms. The third-order valence-corrected chi connectivity index (χ3v) is 6.79. The van der Waals surface area contributed by atoms with Crippen molar-refractivity contribution in [3.8, 4) is 11.3 Å². The number of aromatic nitrogens is 2. The molecular formula is C27H31N5O2. The van der Waals surface area contributed by atoms with Crippen molar-refractivity contribution in [1.29, 1.82) is 0 Å². The Morgan fingerprint density at radius 1 is 0.706 bits per heavy atom. The Morgan fingerprint density at radius 2 is 1.35 bits per heavy atom. The van der Waals surface area contributed by atoms with E-state index in [4.69, 9.17) is 0 Å². The lowest BCUT2D eigenvalue weighted by atomic mass is 10.1. The van der Waals surface area contributed by atoms with E-state index in [0.717, 1.165) is 31.7 Å². The van der Waals surface area contributed by atoms with Gasteiger partial charge in [0.05, 0.1) is 5.69 Å². The Labute approximate surface area is 200 Å². The van der Waals surface area contributed by atoms with Crippen LogP contribution in [0.3, 0.4) is 0 Å². The van der Waals surface area contributed by atoms with Crippen molar-refractivity contribution in [3.63, 3.8) is 0 Å². The zero-order valence-electron chi connectivity index (χ0n) is 19.5. The summed E-state index contributed by atoms with van der Waals surface area (Å²) in [6.07, 6.45) is 3.79. The molecule has 0 bridgehead atoms. The number of piperidine rings is 1. The van der Waals surface area contributed by atoms with Gasteiger partial charge in [-0.1, -0.05) is 30.3 Å². The second-order valence-corrected chi connectivity index (χ2v) is 9.01. The summed E-state index contributed by atoms with van der Waals surface area (Å²) in [6.45, 7) is 5.00. The normalized spacial score (nSPS) is 16.5. The predicted molar refractivity (Wildman–Crippen MR) is 135 cm³/mol. The van der Waals surface area contributed by atoms with E-state index in [1.807, 2.05) is 35.2 Å². The van der Waals surface area contributed by atoms with Crippen LogP contribution in [0.15, 0.2) is 71.5 Å². The van der Waals surface area contributed by atoms with Gasteiger partial charge in [0.25, 0.3) is 5.56 Å². The predicted octanol–water partition coefficient (Wildman–Crippen LogP) is 3.25. The third-order valence-electron chi connectivity index (χ3n) is 6.79. The van der Waals surface area contributed by atoms with Gasteiger partial charge in [-0.15, -0.1) is 0 Å². The molecule has 0 N–H and O–H groups in total. The highest BCUT2D eigenvalue weighted by Crippen LogP contribution is 2.24. The minimum Gasteiger partial charge on any atom is -0.372 e. The summed E-state index contributed by atoms with van der Waals surface area (Å²) in [7, 11) is 0. The number of hydrogen-bond donors (Lipinski definition) is 0. The van der Waals surface area contributed by atoms with E-state index in [-0.39, 0.29) is 18.0 Å². The number of para-hydroxylation sites is 1. The molecule has 0 saturated carbocycles. The molecule has 2 aliphatic rings. The first-order valence-corrected chi connectivity index (χ1v) is 12.2. The number of anilines is 2. The quantitative estimate of drug-likeness (QED) is 0.589. The van der Waals surface area contributed by atoms with Crippen molar-refractivity contribution in [2.45, 2.75) is 25.8 Å². The van der Waals surface area contributed by atoms with E-state index in [1.165, 1.54) is 41.4 Å². The molecule has 7 nitrogen and oxygen atoms in total. The van der Waals surface area contributed by atoms with Crippen LogP contribution in [0.2, 0.25) is 0 Å². The molecule has 2 fully saturated rings. The third kappa shape index (κ3) is 4.98. The van der Waals surface area contributed by atoms with Gasteiger partial charge in [0.15, 0.2) is 0 Å². The molecule has 3 aromatic rings. The molecule has 2 aromatic carbocycles. The average molecular weight is 458 g/mol. The van der Waals surface area contributed by atoms with Crippen LogP contribution in [0.5, 0.6) is 0 Å². The SMILES string of the molecule is O=C(Cn1nc(-c2ccc(N3CCCCC3)cc2)ccc1=O)N1CCN(c2ccccc2)CC1. The van der Waals surface area contributed by atoms with Crippen molar-refractivity contribution in [1.82, 2.24) is 14.7 Å². The van der Waals surface area contributed by atoms with Crippen molar-refractivity contribution in [2.24, 2.45) is 0 Å². The van der Waals surface area contributed by atoms with Crippen LogP contribution in [-0.2, 0) is 11.3 Å². The minimum absolute atomic E-state index is 0.0378. The molecule has 0 radical (unpaired) electrons. The lowest BCUT2D eigenvalue weighted by Crippen LogP contribution is -2.50. The molecule has 1 aromatic heterocycles. The van der Waals surface area contributed by atoms with E-state index in [0.29, 0.717) is 18.8 Å². The van der Waals surface area contributed by atoms with Gasteiger partial charge in [-0.25, -0.2) is 4.68 Å². The van der Waals surface area contributed by atoms with Gasteiger partial charge in [0, 0.05) is 62.3 Å². The highest BCUT2D eigenvalue weighted by molar-refractivity contribution is 5.76. The summed E-state index contributed by atoms with van der Waals surface area (Å²) in [4.78, 5) is 31.9. The zero-order valence-corrected chi connectivity index (χ0v) is 19.5. The zero-order chi connectivity index (χ0) is 23.3. The van der Waals surface area contributed by atoms with Crippen LogP contribution in [0.1, 0.15) is 19.3 Å². The average Bonchev–Trinajstić information content (AvgIpc) is 2.91. The van der Waals surface area contributed by atoms with Crippen LogP contribution in [-0.4, -0.2) is 59.9 Å². The standard InChI is InChI=1S/C27H31N5O2/c33-26-14-13-25(22-9-11-24(12-10-22)29-15-5-2-6-16-29)28-32(26)21-27(34)31-19-17-30(18-20-31)23-7-3-1-4-8-23/h1,3-4,7-14H,2,5-6,15-21H2. The summed E-state index contributed by atoms with van der Waals surface area (Å²) in [5.41, 5.74) is 3.78. The number of piperazine rings is 1. The van der Waals surface area contributed by atoms with Gasteiger partial charge in [-0.3, -0.25) is 9.59 Å². The largest absolute Gasteiger partial charge is 0.372 e. The lowest BCUT2D eigenvalue weighted by molar-refractivity contribution is -0.132. The smallest absolute Gasteiger partial charge is 0.267 e. The number of carbonyl (C=O) groups is 1. The fraction of sp³-hybridized carbons (Fsp3) is 0.370. The number of rotatable bonds is 5. The fourth-order valence-corrected chi connectivity index (χ4v) is 4.79.